The van der Waals surface area contributed by atoms with Crippen molar-refractivity contribution in [3.63, 3.8) is 0 Å². The molecule has 0 spiro atoms. The quantitative estimate of drug-likeness (QED) is 0.580. The van der Waals surface area contributed by atoms with E-state index in [1.807, 2.05) is 30.3 Å². The number of hydrogen-bond acceptors (Lipinski definition) is 5. The van der Waals surface area contributed by atoms with Crippen LogP contribution in [0.4, 0.5) is 0 Å². The van der Waals surface area contributed by atoms with Crippen molar-refractivity contribution in [2.24, 2.45) is 11.8 Å². The Morgan fingerprint density at radius 1 is 1.06 bits per heavy atom. The predicted molar refractivity (Wildman–Crippen MR) is 137 cm³/mol. The maximum absolute atomic E-state index is 13.4. The molecule has 2 fully saturated rings. The van der Waals surface area contributed by atoms with E-state index in [1.165, 1.54) is 6.42 Å². The summed E-state index contributed by atoms with van der Waals surface area (Å²) in [5, 5.41) is 11.2. The molecule has 1 N–H and O–H groups in total. The molecule has 0 bridgehead atoms. The summed E-state index contributed by atoms with van der Waals surface area (Å²) in [6, 6.07) is 12.8. The SMILES string of the molecule is Cc1oc2c(CN3CCC(C(=O)N4CCCC(C)C4)CC3)c(O)ccc2c(=O)c1-c1ccccc1. The lowest BCUT2D eigenvalue weighted by Gasteiger charge is -2.37. The van der Waals surface area contributed by atoms with Crippen molar-refractivity contribution in [3.05, 3.63) is 64.0 Å². The van der Waals surface area contributed by atoms with Crippen LogP contribution in [0.3, 0.4) is 0 Å². The van der Waals surface area contributed by atoms with Gasteiger partial charge in [-0.1, -0.05) is 37.3 Å². The second-order valence-corrected chi connectivity index (χ2v) is 10.3. The summed E-state index contributed by atoms with van der Waals surface area (Å²) in [4.78, 5) is 30.7. The molecule has 2 saturated heterocycles. The highest BCUT2D eigenvalue weighted by Crippen LogP contribution is 2.32. The standard InChI is InChI=1S/C29H34N2O4/c1-19-7-6-14-31(17-19)29(34)22-12-15-30(16-13-22)18-24-25(32)11-10-23-27(33)26(20(2)35-28(23)24)21-8-4-3-5-9-21/h3-5,8-11,19,22,32H,6-7,12-18H2,1-2H3. The van der Waals surface area contributed by atoms with Crippen molar-refractivity contribution in [2.45, 2.75) is 46.1 Å². The zero-order valence-electron chi connectivity index (χ0n) is 20.6. The normalized spacial score (nSPS) is 19.8. The fourth-order valence-electron chi connectivity index (χ4n) is 5.71. The number of phenolic OH excluding ortho intramolecular Hbond substituents is 1. The van der Waals surface area contributed by atoms with Gasteiger partial charge >= 0.3 is 0 Å². The summed E-state index contributed by atoms with van der Waals surface area (Å²) in [5.74, 6) is 1.64. The smallest absolute Gasteiger partial charge is 0.225 e. The van der Waals surface area contributed by atoms with Gasteiger partial charge in [0, 0.05) is 25.6 Å². The summed E-state index contributed by atoms with van der Waals surface area (Å²) >= 11 is 0. The third kappa shape index (κ3) is 4.72. The van der Waals surface area contributed by atoms with Gasteiger partial charge in [0.25, 0.3) is 0 Å². The van der Waals surface area contributed by atoms with Gasteiger partial charge in [-0.25, -0.2) is 0 Å². The Labute approximate surface area is 206 Å². The number of piperidine rings is 2. The number of nitrogens with zero attached hydrogens (tertiary/aromatic N) is 2. The lowest BCUT2D eigenvalue weighted by atomic mass is 9.92. The number of fused-ring (bicyclic) bond motifs is 1. The average molecular weight is 475 g/mol. The minimum Gasteiger partial charge on any atom is -0.507 e. The molecule has 35 heavy (non-hydrogen) atoms. The van der Waals surface area contributed by atoms with Gasteiger partial charge in [-0.3, -0.25) is 14.5 Å². The zero-order chi connectivity index (χ0) is 24.5. The first-order valence-electron chi connectivity index (χ1n) is 12.8. The summed E-state index contributed by atoms with van der Waals surface area (Å²) < 4.78 is 6.18. The Morgan fingerprint density at radius 2 is 1.80 bits per heavy atom. The number of aryl methyl sites for hydroxylation is 1. The van der Waals surface area contributed by atoms with Crippen LogP contribution < -0.4 is 5.43 Å². The molecule has 1 amide bonds. The predicted octanol–water partition coefficient (Wildman–Crippen LogP) is 4.94. The number of carbonyl (C=O) groups excluding carboxylic acids is 1. The molecule has 2 aliphatic rings. The maximum Gasteiger partial charge on any atom is 0.225 e. The topological polar surface area (TPSA) is 74.0 Å². The Kier molecular flexibility index (Phi) is 6.65. The van der Waals surface area contributed by atoms with Crippen LogP contribution in [-0.4, -0.2) is 47.0 Å². The number of hydrogen-bond donors (Lipinski definition) is 1. The van der Waals surface area contributed by atoms with Gasteiger partial charge in [0.2, 0.25) is 11.3 Å². The molecule has 0 saturated carbocycles. The van der Waals surface area contributed by atoms with Gasteiger partial charge < -0.3 is 14.4 Å². The van der Waals surface area contributed by atoms with E-state index in [1.54, 1.807) is 19.1 Å². The highest BCUT2D eigenvalue weighted by Gasteiger charge is 2.31. The van der Waals surface area contributed by atoms with Crippen LogP contribution in [0.25, 0.3) is 22.1 Å². The van der Waals surface area contributed by atoms with Crippen LogP contribution in [-0.2, 0) is 11.3 Å². The molecule has 0 radical (unpaired) electrons. The highest BCUT2D eigenvalue weighted by molar-refractivity contribution is 5.86. The molecule has 1 unspecified atom stereocenters. The number of likely N-dealkylation sites (tertiary alicyclic amines) is 2. The fraction of sp³-hybridized carbons (Fsp3) is 0.448. The lowest BCUT2D eigenvalue weighted by Crippen LogP contribution is -2.45. The number of phenols is 1. The van der Waals surface area contributed by atoms with E-state index in [4.69, 9.17) is 4.42 Å². The largest absolute Gasteiger partial charge is 0.507 e. The van der Waals surface area contributed by atoms with E-state index in [2.05, 4.69) is 16.7 Å². The molecule has 1 aromatic heterocycles. The van der Waals surface area contributed by atoms with Crippen molar-refractivity contribution in [1.82, 2.24) is 9.80 Å². The lowest BCUT2D eigenvalue weighted by molar-refractivity contribution is -0.138. The Morgan fingerprint density at radius 3 is 2.51 bits per heavy atom. The molecule has 3 heterocycles. The average Bonchev–Trinajstić information content (AvgIpc) is 2.86. The third-order valence-corrected chi connectivity index (χ3v) is 7.66. The van der Waals surface area contributed by atoms with Gasteiger partial charge in [0.15, 0.2) is 0 Å². The van der Waals surface area contributed by atoms with Crippen LogP contribution in [0, 0.1) is 18.8 Å². The van der Waals surface area contributed by atoms with Gasteiger partial charge in [-0.2, -0.15) is 0 Å². The van der Waals surface area contributed by atoms with Gasteiger partial charge in [0.05, 0.1) is 16.5 Å². The van der Waals surface area contributed by atoms with Crippen LogP contribution >= 0.6 is 0 Å². The fourth-order valence-corrected chi connectivity index (χ4v) is 5.71. The van der Waals surface area contributed by atoms with E-state index in [9.17, 15) is 14.7 Å². The Bertz CT molecular complexity index is 1280. The summed E-state index contributed by atoms with van der Waals surface area (Å²) in [7, 11) is 0. The first-order valence-corrected chi connectivity index (χ1v) is 12.8. The van der Waals surface area contributed by atoms with Crippen molar-refractivity contribution in [3.8, 4) is 16.9 Å². The second kappa shape index (κ2) is 9.86. The van der Waals surface area contributed by atoms with Crippen molar-refractivity contribution < 1.29 is 14.3 Å². The van der Waals surface area contributed by atoms with E-state index >= 15 is 0 Å². The molecule has 6 heteroatoms. The molecule has 5 rings (SSSR count). The van der Waals surface area contributed by atoms with E-state index in [-0.39, 0.29) is 17.1 Å². The van der Waals surface area contributed by atoms with E-state index in [0.717, 1.165) is 51.0 Å². The minimum absolute atomic E-state index is 0.0753. The molecule has 2 aliphatic heterocycles. The Balaban J connectivity index is 1.35. The third-order valence-electron chi connectivity index (χ3n) is 7.66. The minimum atomic E-state index is -0.0868. The molecule has 1 atom stereocenters. The van der Waals surface area contributed by atoms with Crippen molar-refractivity contribution >= 4 is 16.9 Å². The van der Waals surface area contributed by atoms with Crippen molar-refractivity contribution in [1.29, 1.82) is 0 Å². The summed E-state index contributed by atoms with van der Waals surface area (Å²) in [6.45, 7) is 7.83. The number of amides is 1. The number of rotatable bonds is 4. The Hall–Kier alpha value is -3.12. The van der Waals surface area contributed by atoms with Gasteiger partial charge in [-0.05, 0) is 69.3 Å². The monoisotopic (exact) mass is 474 g/mol. The second-order valence-electron chi connectivity index (χ2n) is 10.3. The molecule has 2 aromatic carbocycles. The molecular formula is C29H34N2O4. The highest BCUT2D eigenvalue weighted by atomic mass is 16.3. The van der Waals surface area contributed by atoms with Crippen LogP contribution in [0.15, 0.2) is 51.7 Å². The molecule has 184 valence electrons. The molecule has 0 aliphatic carbocycles. The van der Waals surface area contributed by atoms with E-state index < -0.39 is 0 Å². The molecular weight excluding hydrogens is 440 g/mol. The van der Waals surface area contributed by atoms with Crippen molar-refractivity contribution in [2.75, 3.05) is 26.2 Å². The van der Waals surface area contributed by atoms with Gasteiger partial charge in [0.1, 0.15) is 17.1 Å². The maximum atomic E-state index is 13.4. The van der Waals surface area contributed by atoms with Crippen LogP contribution in [0.1, 0.15) is 43.9 Å². The van der Waals surface area contributed by atoms with Crippen LogP contribution in [0.5, 0.6) is 5.75 Å². The van der Waals surface area contributed by atoms with Crippen LogP contribution in [0.2, 0.25) is 0 Å². The van der Waals surface area contributed by atoms with E-state index in [0.29, 0.717) is 46.2 Å². The van der Waals surface area contributed by atoms with Gasteiger partial charge in [-0.15, -0.1) is 0 Å². The zero-order valence-corrected chi connectivity index (χ0v) is 20.6. The molecule has 3 aromatic rings. The number of aromatic hydroxyl groups is 1. The number of carbonyl (C=O) groups is 1. The number of benzene rings is 2. The first-order chi connectivity index (χ1) is 16.9. The summed E-state index contributed by atoms with van der Waals surface area (Å²) in [5.41, 5.74) is 2.38. The molecule has 6 nitrogen and oxygen atoms in total. The summed E-state index contributed by atoms with van der Waals surface area (Å²) in [6.07, 6.45) is 3.94. The first kappa shape index (κ1) is 23.6.